The van der Waals surface area contributed by atoms with E-state index in [1.54, 1.807) is 12.1 Å². The lowest BCUT2D eigenvalue weighted by atomic mass is 10.1. The van der Waals surface area contributed by atoms with Crippen molar-refractivity contribution in [1.82, 2.24) is 5.32 Å². The molecule has 3 rings (SSSR count). The van der Waals surface area contributed by atoms with E-state index in [9.17, 15) is 4.79 Å². The highest BCUT2D eigenvalue weighted by atomic mass is 16.3. The maximum absolute atomic E-state index is 11.8. The van der Waals surface area contributed by atoms with Gasteiger partial charge in [-0.05, 0) is 36.6 Å². The Morgan fingerprint density at radius 1 is 1.25 bits per heavy atom. The number of hydrogen-bond donors (Lipinski definition) is 1. The first-order valence-corrected chi connectivity index (χ1v) is 6.94. The molecule has 4 heteroatoms. The Balaban J connectivity index is 1.50. The van der Waals surface area contributed by atoms with Crippen molar-refractivity contribution in [3.8, 4) is 0 Å². The van der Waals surface area contributed by atoms with Crippen molar-refractivity contribution >= 4 is 11.6 Å². The lowest BCUT2D eigenvalue weighted by Gasteiger charge is -2.18. The first-order valence-electron chi connectivity index (χ1n) is 6.94. The minimum atomic E-state index is -0.131. The molecule has 20 heavy (non-hydrogen) atoms. The van der Waals surface area contributed by atoms with Gasteiger partial charge in [0.25, 0.3) is 5.91 Å². The van der Waals surface area contributed by atoms with Gasteiger partial charge >= 0.3 is 0 Å². The topological polar surface area (TPSA) is 45.5 Å². The summed E-state index contributed by atoms with van der Waals surface area (Å²) in [6.45, 7) is 2.73. The van der Waals surface area contributed by atoms with Crippen molar-refractivity contribution in [3.63, 3.8) is 0 Å². The molecule has 0 spiro atoms. The highest BCUT2D eigenvalue weighted by Gasteiger charge is 2.23. The maximum Gasteiger partial charge on any atom is 0.286 e. The van der Waals surface area contributed by atoms with Crippen LogP contribution < -0.4 is 10.2 Å². The van der Waals surface area contributed by atoms with E-state index in [0.29, 0.717) is 18.2 Å². The molecule has 1 aliphatic rings. The van der Waals surface area contributed by atoms with Gasteiger partial charge in [-0.2, -0.15) is 0 Å². The molecule has 1 saturated heterocycles. The van der Waals surface area contributed by atoms with Crippen molar-refractivity contribution in [1.29, 1.82) is 0 Å². The van der Waals surface area contributed by atoms with Crippen LogP contribution in [0.15, 0.2) is 53.1 Å². The lowest BCUT2D eigenvalue weighted by molar-refractivity contribution is 0.0920. The first-order chi connectivity index (χ1) is 9.83. The maximum atomic E-state index is 11.8. The molecule has 1 N–H and O–H groups in total. The van der Waals surface area contributed by atoms with E-state index in [2.05, 4.69) is 34.5 Å². The molecule has 1 atom stereocenters. The summed E-state index contributed by atoms with van der Waals surface area (Å²) in [5, 5.41) is 2.94. The Morgan fingerprint density at radius 2 is 2.10 bits per heavy atom. The summed E-state index contributed by atoms with van der Waals surface area (Å²) in [5.74, 6) is 0.741. The van der Waals surface area contributed by atoms with Crippen molar-refractivity contribution in [2.45, 2.75) is 6.42 Å². The largest absolute Gasteiger partial charge is 0.459 e. The van der Waals surface area contributed by atoms with Crippen LogP contribution in [0, 0.1) is 5.92 Å². The summed E-state index contributed by atoms with van der Waals surface area (Å²) >= 11 is 0. The number of anilines is 1. The second-order valence-corrected chi connectivity index (χ2v) is 5.12. The Hall–Kier alpha value is -2.23. The molecule has 0 aliphatic carbocycles. The number of rotatable bonds is 4. The average molecular weight is 270 g/mol. The van der Waals surface area contributed by atoms with Gasteiger partial charge in [-0.25, -0.2) is 0 Å². The summed E-state index contributed by atoms with van der Waals surface area (Å²) < 4.78 is 5.08. The van der Waals surface area contributed by atoms with Gasteiger partial charge in [-0.1, -0.05) is 18.2 Å². The smallest absolute Gasteiger partial charge is 0.286 e. The molecule has 0 bridgehead atoms. The summed E-state index contributed by atoms with van der Waals surface area (Å²) in [7, 11) is 0. The highest BCUT2D eigenvalue weighted by molar-refractivity contribution is 5.91. The van der Waals surface area contributed by atoms with E-state index in [0.717, 1.165) is 19.5 Å². The molecule has 1 aliphatic heterocycles. The number of benzene rings is 1. The van der Waals surface area contributed by atoms with Crippen LogP contribution in [0.2, 0.25) is 0 Å². The van der Waals surface area contributed by atoms with Crippen LogP contribution in [0.3, 0.4) is 0 Å². The number of furan rings is 1. The first kappa shape index (κ1) is 12.8. The molecule has 1 amide bonds. The fourth-order valence-electron chi connectivity index (χ4n) is 2.60. The van der Waals surface area contributed by atoms with Gasteiger partial charge in [0.2, 0.25) is 0 Å². The number of amides is 1. The number of nitrogens with zero attached hydrogens (tertiary/aromatic N) is 1. The summed E-state index contributed by atoms with van der Waals surface area (Å²) in [6.07, 6.45) is 2.62. The molecule has 1 aromatic carbocycles. The lowest BCUT2D eigenvalue weighted by Crippen LogP contribution is -2.30. The van der Waals surface area contributed by atoms with Crippen LogP contribution in [0.25, 0.3) is 0 Å². The van der Waals surface area contributed by atoms with Crippen molar-refractivity contribution in [2.24, 2.45) is 5.92 Å². The Bertz CT molecular complexity index is 551. The van der Waals surface area contributed by atoms with Gasteiger partial charge in [-0.15, -0.1) is 0 Å². The third kappa shape index (κ3) is 2.85. The van der Waals surface area contributed by atoms with Crippen LogP contribution in [-0.4, -0.2) is 25.5 Å². The molecule has 1 aromatic heterocycles. The quantitative estimate of drug-likeness (QED) is 0.928. The van der Waals surface area contributed by atoms with Crippen molar-refractivity contribution in [2.75, 3.05) is 24.5 Å². The van der Waals surface area contributed by atoms with E-state index >= 15 is 0 Å². The van der Waals surface area contributed by atoms with Gasteiger partial charge in [0.05, 0.1) is 6.26 Å². The van der Waals surface area contributed by atoms with Crippen molar-refractivity contribution in [3.05, 3.63) is 54.5 Å². The zero-order valence-electron chi connectivity index (χ0n) is 11.3. The zero-order chi connectivity index (χ0) is 13.8. The predicted octanol–water partition coefficient (Wildman–Crippen LogP) is 2.54. The van der Waals surface area contributed by atoms with Gasteiger partial charge in [0.1, 0.15) is 0 Å². The van der Waals surface area contributed by atoms with Crippen LogP contribution in [0.1, 0.15) is 17.0 Å². The summed E-state index contributed by atoms with van der Waals surface area (Å²) in [5.41, 5.74) is 1.26. The second kappa shape index (κ2) is 5.82. The minimum Gasteiger partial charge on any atom is -0.459 e. The average Bonchev–Trinajstić information content (AvgIpc) is 3.17. The molecular formula is C16H18N2O2. The monoisotopic (exact) mass is 270 g/mol. The second-order valence-electron chi connectivity index (χ2n) is 5.12. The van der Waals surface area contributed by atoms with E-state index < -0.39 is 0 Å². The number of carbonyl (C=O) groups excluding carboxylic acids is 1. The van der Waals surface area contributed by atoms with E-state index in [4.69, 9.17) is 4.42 Å². The van der Waals surface area contributed by atoms with Crippen LogP contribution in [-0.2, 0) is 0 Å². The van der Waals surface area contributed by atoms with E-state index in [1.807, 2.05) is 6.07 Å². The number of para-hydroxylation sites is 1. The highest BCUT2D eigenvalue weighted by Crippen LogP contribution is 2.22. The molecule has 4 nitrogen and oxygen atoms in total. The van der Waals surface area contributed by atoms with Gasteiger partial charge in [0.15, 0.2) is 5.76 Å². The standard InChI is InChI=1S/C16H18N2O2/c19-16(15-7-4-10-20-15)17-11-13-8-9-18(12-13)14-5-2-1-3-6-14/h1-7,10,13H,8-9,11-12H2,(H,17,19)/t13-/m0/s1. The molecule has 2 heterocycles. The normalized spacial score (nSPS) is 18.2. The van der Waals surface area contributed by atoms with Crippen LogP contribution >= 0.6 is 0 Å². The van der Waals surface area contributed by atoms with Crippen LogP contribution in [0.5, 0.6) is 0 Å². The number of nitrogens with one attached hydrogen (secondary N) is 1. The number of carbonyl (C=O) groups is 1. The molecule has 1 fully saturated rings. The SMILES string of the molecule is O=C(NC[C@@H]1CCN(c2ccccc2)C1)c1ccco1. The minimum absolute atomic E-state index is 0.131. The Labute approximate surface area is 118 Å². The molecule has 2 aromatic rings. The Kier molecular flexibility index (Phi) is 3.72. The fourth-order valence-corrected chi connectivity index (χ4v) is 2.60. The number of hydrogen-bond acceptors (Lipinski definition) is 3. The molecular weight excluding hydrogens is 252 g/mol. The zero-order valence-corrected chi connectivity index (χ0v) is 11.3. The molecule has 0 unspecified atom stereocenters. The van der Waals surface area contributed by atoms with E-state index in [1.165, 1.54) is 12.0 Å². The third-order valence-electron chi connectivity index (χ3n) is 3.70. The van der Waals surface area contributed by atoms with Gasteiger partial charge in [0, 0.05) is 25.3 Å². The van der Waals surface area contributed by atoms with E-state index in [-0.39, 0.29) is 5.91 Å². The summed E-state index contributed by atoms with van der Waals surface area (Å²) in [6, 6.07) is 13.8. The van der Waals surface area contributed by atoms with Crippen LogP contribution in [0.4, 0.5) is 5.69 Å². The predicted molar refractivity (Wildman–Crippen MR) is 77.8 cm³/mol. The van der Waals surface area contributed by atoms with Gasteiger partial charge in [-0.3, -0.25) is 4.79 Å². The van der Waals surface area contributed by atoms with Gasteiger partial charge < -0.3 is 14.6 Å². The third-order valence-corrected chi connectivity index (χ3v) is 3.70. The molecule has 0 radical (unpaired) electrons. The fraction of sp³-hybridized carbons (Fsp3) is 0.312. The Morgan fingerprint density at radius 3 is 2.85 bits per heavy atom. The van der Waals surface area contributed by atoms with Crippen molar-refractivity contribution < 1.29 is 9.21 Å². The summed E-state index contributed by atoms with van der Waals surface area (Å²) in [4.78, 5) is 14.2. The molecule has 0 saturated carbocycles. The molecule has 104 valence electrons.